The first-order valence-electron chi connectivity index (χ1n) is 6.01. The molecule has 0 aromatic carbocycles. The lowest BCUT2D eigenvalue weighted by Gasteiger charge is -2.29. The standard InChI is InChI=1S/C12H21N3O2/c1-3-12(4-2,9-16)8-13-11(17)7-10-5-6-14-15-10/h5-6,16H,3-4,7-9H2,1-2H3,(H,13,17)(H,14,15). The number of nitrogens with one attached hydrogen (secondary N) is 2. The molecule has 96 valence electrons. The number of nitrogens with zero attached hydrogens (tertiary/aromatic N) is 1. The van der Waals surface area contributed by atoms with Crippen molar-refractivity contribution in [3.63, 3.8) is 0 Å². The molecular formula is C12H21N3O2. The van der Waals surface area contributed by atoms with Crippen molar-refractivity contribution in [3.8, 4) is 0 Å². The summed E-state index contributed by atoms with van der Waals surface area (Å²) in [5.74, 6) is -0.0472. The molecule has 5 heteroatoms. The van der Waals surface area contributed by atoms with Gasteiger partial charge < -0.3 is 10.4 Å². The summed E-state index contributed by atoms with van der Waals surface area (Å²) >= 11 is 0. The summed E-state index contributed by atoms with van der Waals surface area (Å²) in [5.41, 5.74) is 0.606. The number of hydrogen-bond donors (Lipinski definition) is 3. The van der Waals surface area contributed by atoms with E-state index in [-0.39, 0.29) is 17.9 Å². The fourth-order valence-corrected chi connectivity index (χ4v) is 1.68. The molecule has 3 N–H and O–H groups in total. The van der Waals surface area contributed by atoms with Gasteiger partial charge in [-0.25, -0.2) is 0 Å². The van der Waals surface area contributed by atoms with Crippen LogP contribution in [0, 0.1) is 5.41 Å². The van der Waals surface area contributed by atoms with Crippen LogP contribution in [0.4, 0.5) is 0 Å². The van der Waals surface area contributed by atoms with Crippen LogP contribution in [-0.4, -0.2) is 34.4 Å². The van der Waals surface area contributed by atoms with Crippen LogP contribution in [0.5, 0.6) is 0 Å². The Morgan fingerprint density at radius 3 is 2.71 bits per heavy atom. The van der Waals surface area contributed by atoms with Crippen molar-refractivity contribution in [1.82, 2.24) is 15.5 Å². The summed E-state index contributed by atoms with van der Waals surface area (Å²) in [6.07, 6.45) is 3.63. The van der Waals surface area contributed by atoms with Crippen molar-refractivity contribution in [2.75, 3.05) is 13.2 Å². The molecule has 1 aromatic rings. The van der Waals surface area contributed by atoms with Crippen molar-refractivity contribution >= 4 is 5.91 Å². The van der Waals surface area contributed by atoms with E-state index in [2.05, 4.69) is 15.5 Å². The van der Waals surface area contributed by atoms with Crippen molar-refractivity contribution < 1.29 is 9.90 Å². The van der Waals surface area contributed by atoms with Gasteiger partial charge in [0, 0.05) is 23.9 Å². The molecule has 0 atom stereocenters. The number of aromatic nitrogens is 2. The highest BCUT2D eigenvalue weighted by Crippen LogP contribution is 2.24. The number of amides is 1. The predicted molar refractivity (Wildman–Crippen MR) is 65.4 cm³/mol. The van der Waals surface area contributed by atoms with Crippen molar-refractivity contribution in [3.05, 3.63) is 18.0 Å². The first kappa shape index (κ1) is 13.7. The zero-order valence-corrected chi connectivity index (χ0v) is 10.5. The quantitative estimate of drug-likeness (QED) is 0.660. The van der Waals surface area contributed by atoms with Crippen LogP contribution >= 0.6 is 0 Å². The van der Waals surface area contributed by atoms with E-state index in [1.807, 2.05) is 13.8 Å². The number of carbonyl (C=O) groups is 1. The average Bonchev–Trinajstić information content (AvgIpc) is 2.84. The average molecular weight is 239 g/mol. The van der Waals surface area contributed by atoms with Crippen molar-refractivity contribution in [2.24, 2.45) is 5.41 Å². The van der Waals surface area contributed by atoms with Gasteiger partial charge in [-0.2, -0.15) is 5.10 Å². The van der Waals surface area contributed by atoms with Crippen LogP contribution in [0.3, 0.4) is 0 Å². The molecule has 1 heterocycles. The van der Waals surface area contributed by atoms with E-state index < -0.39 is 0 Å². The van der Waals surface area contributed by atoms with E-state index >= 15 is 0 Å². The molecule has 0 saturated carbocycles. The number of carbonyl (C=O) groups excluding carboxylic acids is 1. The lowest BCUT2D eigenvalue weighted by atomic mass is 9.83. The minimum Gasteiger partial charge on any atom is -0.396 e. The fraction of sp³-hybridized carbons (Fsp3) is 0.667. The Hall–Kier alpha value is -1.36. The van der Waals surface area contributed by atoms with Crippen LogP contribution in [0.2, 0.25) is 0 Å². The van der Waals surface area contributed by atoms with Gasteiger partial charge in [-0.3, -0.25) is 9.89 Å². The largest absolute Gasteiger partial charge is 0.396 e. The van der Waals surface area contributed by atoms with Crippen molar-refractivity contribution in [1.29, 1.82) is 0 Å². The summed E-state index contributed by atoms with van der Waals surface area (Å²) in [4.78, 5) is 11.7. The van der Waals surface area contributed by atoms with Crippen LogP contribution in [0.25, 0.3) is 0 Å². The van der Waals surface area contributed by atoms with Gasteiger partial charge >= 0.3 is 0 Å². The molecule has 1 aromatic heterocycles. The van der Waals surface area contributed by atoms with Gasteiger partial charge in [0.15, 0.2) is 0 Å². The highest BCUT2D eigenvalue weighted by atomic mass is 16.3. The number of aliphatic hydroxyl groups is 1. The maximum Gasteiger partial charge on any atom is 0.226 e. The van der Waals surface area contributed by atoms with Gasteiger partial charge in [0.25, 0.3) is 0 Å². The summed E-state index contributed by atoms with van der Waals surface area (Å²) in [7, 11) is 0. The van der Waals surface area contributed by atoms with Crippen molar-refractivity contribution in [2.45, 2.75) is 33.1 Å². The molecule has 0 aliphatic rings. The Labute approximate surface area is 102 Å². The first-order valence-corrected chi connectivity index (χ1v) is 6.01. The second kappa shape index (κ2) is 6.39. The number of aromatic amines is 1. The summed E-state index contributed by atoms with van der Waals surface area (Å²) in [6, 6.07) is 1.78. The van der Waals surface area contributed by atoms with Crippen LogP contribution in [-0.2, 0) is 11.2 Å². The van der Waals surface area contributed by atoms with Crippen LogP contribution < -0.4 is 5.32 Å². The number of rotatable bonds is 7. The third-order valence-electron chi connectivity index (χ3n) is 3.41. The van der Waals surface area contributed by atoms with Gasteiger partial charge in [-0.05, 0) is 18.9 Å². The molecule has 0 saturated heterocycles. The maximum atomic E-state index is 11.7. The summed E-state index contributed by atoms with van der Waals surface area (Å²) in [6.45, 7) is 4.68. The minimum atomic E-state index is -0.191. The first-order chi connectivity index (χ1) is 8.15. The normalized spacial score (nSPS) is 11.5. The molecular weight excluding hydrogens is 218 g/mol. The lowest BCUT2D eigenvalue weighted by molar-refractivity contribution is -0.121. The van der Waals surface area contributed by atoms with Gasteiger partial charge in [0.1, 0.15) is 0 Å². The topological polar surface area (TPSA) is 78.0 Å². The lowest BCUT2D eigenvalue weighted by Crippen LogP contribution is -2.40. The molecule has 0 fully saturated rings. The smallest absolute Gasteiger partial charge is 0.226 e. The van der Waals surface area contributed by atoms with E-state index in [4.69, 9.17) is 0 Å². The van der Waals surface area contributed by atoms with Gasteiger partial charge in [-0.15, -0.1) is 0 Å². The third kappa shape index (κ3) is 3.85. The Morgan fingerprint density at radius 2 is 2.24 bits per heavy atom. The second-order valence-electron chi connectivity index (χ2n) is 4.40. The highest BCUT2D eigenvalue weighted by molar-refractivity contribution is 5.78. The molecule has 0 spiro atoms. The van der Waals surface area contributed by atoms with E-state index in [0.29, 0.717) is 13.0 Å². The third-order valence-corrected chi connectivity index (χ3v) is 3.41. The number of hydrogen-bond acceptors (Lipinski definition) is 3. The molecule has 0 unspecified atom stereocenters. The zero-order valence-electron chi connectivity index (χ0n) is 10.5. The number of H-pyrrole nitrogens is 1. The molecule has 0 bridgehead atoms. The molecule has 0 aliphatic heterocycles. The Morgan fingerprint density at radius 1 is 1.53 bits per heavy atom. The zero-order chi connectivity index (χ0) is 12.7. The molecule has 0 aliphatic carbocycles. The number of aliphatic hydroxyl groups excluding tert-OH is 1. The van der Waals surface area contributed by atoms with Gasteiger partial charge in [-0.1, -0.05) is 13.8 Å². The molecule has 0 radical (unpaired) electrons. The van der Waals surface area contributed by atoms with E-state index in [0.717, 1.165) is 18.5 Å². The highest BCUT2D eigenvalue weighted by Gasteiger charge is 2.25. The Kier molecular flexibility index (Phi) is 5.15. The van der Waals surface area contributed by atoms with E-state index in [1.165, 1.54) is 0 Å². The van der Waals surface area contributed by atoms with Crippen LogP contribution in [0.15, 0.2) is 12.3 Å². The summed E-state index contributed by atoms with van der Waals surface area (Å²) in [5, 5.41) is 18.8. The molecule has 1 rings (SSSR count). The Balaban J connectivity index is 2.41. The molecule has 17 heavy (non-hydrogen) atoms. The monoisotopic (exact) mass is 239 g/mol. The SMILES string of the molecule is CCC(CC)(CO)CNC(=O)Cc1ccn[nH]1. The van der Waals surface area contributed by atoms with E-state index in [1.54, 1.807) is 12.3 Å². The Bertz CT molecular complexity index is 323. The van der Waals surface area contributed by atoms with E-state index in [9.17, 15) is 9.90 Å². The van der Waals surface area contributed by atoms with Gasteiger partial charge in [0.2, 0.25) is 5.91 Å². The predicted octanol–water partition coefficient (Wildman–Crippen LogP) is 0.867. The van der Waals surface area contributed by atoms with Crippen LogP contribution in [0.1, 0.15) is 32.4 Å². The van der Waals surface area contributed by atoms with Gasteiger partial charge in [0.05, 0.1) is 13.0 Å². The molecule has 1 amide bonds. The maximum absolute atomic E-state index is 11.7. The summed E-state index contributed by atoms with van der Waals surface area (Å²) < 4.78 is 0. The fourth-order valence-electron chi connectivity index (χ4n) is 1.68. The second-order valence-corrected chi connectivity index (χ2v) is 4.40. The minimum absolute atomic E-state index is 0.0472. The molecule has 5 nitrogen and oxygen atoms in total.